The molecule has 1 atom stereocenters. The van der Waals surface area contributed by atoms with Crippen molar-refractivity contribution in [2.45, 2.75) is 70.9 Å². The molecule has 5 nitrogen and oxygen atoms in total. The lowest BCUT2D eigenvalue weighted by molar-refractivity contribution is 0.270. The summed E-state index contributed by atoms with van der Waals surface area (Å²) in [5.41, 5.74) is 16.8. The fourth-order valence-electron chi connectivity index (χ4n) is 6.31. The zero-order chi connectivity index (χ0) is 30.3. The Bertz CT molecular complexity index is 1580. The summed E-state index contributed by atoms with van der Waals surface area (Å²) in [4.78, 5) is 6.62. The van der Waals surface area contributed by atoms with Crippen molar-refractivity contribution in [3.63, 3.8) is 0 Å². The molecular weight excluding hydrogens is 547 g/mol. The van der Waals surface area contributed by atoms with E-state index in [1.165, 1.54) is 34.4 Å². The van der Waals surface area contributed by atoms with Gasteiger partial charge in [-0.15, -0.1) is 0 Å². The Morgan fingerprint density at radius 3 is 2.48 bits per heavy atom. The molecule has 2 heterocycles. The van der Waals surface area contributed by atoms with Crippen LogP contribution in [0.2, 0.25) is 0 Å². The van der Waals surface area contributed by atoms with Gasteiger partial charge in [-0.1, -0.05) is 72.5 Å². The number of hydrogen-bond donors (Lipinski definition) is 1. The lowest BCUT2D eigenvalue weighted by Crippen LogP contribution is -2.37. The molecular formula is C38H43FN4O. The van der Waals surface area contributed by atoms with E-state index in [4.69, 9.17) is 10.5 Å². The number of aryl methyl sites for hydroxylation is 2. The van der Waals surface area contributed by atoms with Crippen molar-refractivity contribution in [3.05, 3.63) is 137 Å². The standard InChI is InChI=1S/C38H43FN4O/c1-28-7-6-8-32(25-28)35-19-22-43(36(30-11-12-30)26-29-9-15-33(39)16-10-29)38(37(35)40)31-13-17-34(18-14-31)44-24-5-3-2-4-21-42-23-20-41-27-42/h6-10,13-18,20,23,25,27,38H,2-5,11-12,19,21-22,24,26,40H2,1H3. The third kappa shape index (κ3) is 7.42. The molecule has 44 heavy (non-hydrogen) atoms. The van der Waals surface area contributed by atoms with Gasteiger partial charge in [-0.3, -0.25) is 0 Å². The van der Waals surface area contributed by atoms with E-state index in [9.17, 15) is 4.39 Å². The van der Waals surface area contributed by atoms with Crippen molar-refractivity contribution in [2.24, 2.45) is 5.73 Å². The molecule has 0 amide bonds. The highest BCUT2D eigenvalue weighted by Gasteiger charge is 2.34. The van der Waals surface area contributed by atoms with Crippen LogP contribution in [-0.4, -0.2) is 27.6 Å². The van der Waals surface area contributed by atoms with Crippen LogP contribution < -0.4 is 10.5 Å². The van der Waals surface area contributed by atoms with E-state index in [2.05, 4.69) is 69.9 Å². The fourth-order valence-corrected chi connectivity index (χ4v) is 6.31. The molecule has 6 heteroatoms. The second-order valence-electron chi connectivity index (χ2n) is 12.1. The Morgan fingerprint density at radius 1 is 0.955 bits per heavy atom. The van der Waals surface area contributed by atoms with E-state index in [0.29, 0.717) is 6.61 Å². The van der Waals surface area contributed by atoms with Crippen molar-refractivity contribution >= 4 is 5.57 Å². The third-order valence-corrected chi connectivity index (χ3v) is 8.80. The van der Waals surface area contributed by atoms with Crippen LogP contribution in [0.15, 0.2) is 108 Å². The third-order valence-electron chi connectivity index (χ3n) is 8.80. The van der Waals surface area contributed by atoms with Crippen LogP contribution in [0.25, 0.3) is 5.57 Å². The summed E-state index contributed by atoms with van der Waals surface area (Å²) in [6, 6.07) is 24.0. The summed E-state index contributed by atoms with van der Waals surface area (Å²) in [5, 5.41) is 0. The zero-order valence-electron chi connectivity index (χ0n) is 25.7. The first-order valence-electron chi connectivity index (χ1n) is 16.0. The predicted octanol–water partition coefficient (Wildman–Crippen LogP) is 8.38. The number of rotatable bonds is 13. The molecule has 0 spiro atoms. The van der Waals surface area contributed by atoms with Crippen LogP contribution in [0.1, 0.15) is 73.2 Å². The molecule has 1 saturated carbocycles. The summed E-state index contributed by atoms with van der Waals surface area (Å²) in [6.07, 6.45) is 14.1. The van der Waals surface area contributed by atoms with E-state index < -0.39 is 0 Å². The minimum atomic E-state index is -0.201. The molecule has 6 rings (SSSR count). The van der Waals surface area contributed by atoms with Crippen LogP contribution in [0.3, 0.4) is 0 Å². The Labute approximate surface area is 260 Å². The molecule has 2 aliphatic rings. The first-order chi connectivity index (χ1) is 21.5. The molecule has 0 radical (unpaired) electrons. The highest BCUT2D eigenvalue weighted by Crippen LogP contribution is 2.44. The van der Waals surface area contributed by atoms with Gasteiger partial charge in [0, 0.05) is 43.3 Å². The molecule has 1 aliphatic carbocycles. The zero-order valence-corrected chi connectivity index (χ0v) is 25.7. The van der Waals surface area contributed by atoms with Gasteiger partial charge >= 0.3 is 0 Å². The van der Waals surface area contributed by atoms with Crippen molar-refractivity contribution in [2.75, 3.05) is 13.2 Å². The van der Waals surface area contributed by atoms with Gasteiger partial charge in [-0.05, 0) is 85.6 Å². The van der Waals surface area contributed by atoms with Crippen LogP contribution in [-0.2, 0) is 13.0 Å². The average molecular weight is 591 g/mol. The first-order valence-corrected chi connectivity index (χ1v) is 16.0. The second-order valence-corrected chi connectivity index (χ2v) is 12.1. The van der Waals surface area contributed by atoms with Gasteiger partial charge in [-0.25, -0.2) is 9.37 Å². The number of allylic oxidation sites excluding steroid dienone is 2. The van der Waals surface area contributed by atoms with Gasteiger partial charge in [0.1, 0.15) is 11.6 Å². The van der Waals surface area contributed by atoms with Crippen molar-refractivity contribution in [3.8, 4) is 5.75 Å². The number of hydrogen-bond acceptors (Lipinski definition) is 4. The number of halogens is 1. The highest BCUT2D eigenvalue weighted by atomic mass is 19.1. The first kappa shape index (κ1) is 29.7. The predicted molar refractivity (Wildman–Crippen MR) is 175 cm³/mol. The molecule has 3 aromatic carbocycles. The number of benzene rings is 3. The monoisotopic (exact) mass is 590 g/mol. The molecule has 2 N–H and O–H groups in total. The number of imidazole rings is 1. The lowest BCUT2D eigenvalue weighted by atomic mass is 9.88. The summed E-state index contributed by atoms with van der Waals surface area (Å²) in [7, 11) is 0. The number of ether oxygens (including phenoxy) is 1. The summed E-state index contributed by atoms with van der Waals surface area (Å²) in [5.74, 6) is 0.691. The van der Waals surface area contributed by atoms with Crippen molar-refractivity contribution in [1.82, 2.24) is 14.5 Å². The Kier molecular flexibility index (Phi) is 9.45. The molecule has 1 aliphatic heterocycles. The molecule has 1 unspecified atom stereocenters. The lowest BCUT2D eigenvalue weighted by Gasteiger charge is -2.41. The van der Waals surface area contributed by atoms with Gasteiger partial charge in [0.05, 0.1) is 19.0 Å². The van der Waals surface area contributed by atoms with E-state index >= 15 is 0 Å². The van der Waals surface area contributed by atoms with Crippen molar-refractivity contribution < 1.29 is 9.13 Å². The number of unbranched alkanes of at least 4 members (excludes halogenated alkanes) is 3. The van der Waals surface area contributed by atoms with Gasteiger partial charge in [0.25, 0.3) is 0 Å². The van der Waals surface area contributed by atoms with E-state index in [1.54, 1.807) is 12.1 Å². The summed E-state index contributed by atoms with van der Waals surface area (Å²) >= 11 is 0. The van der Waals surface area contributed by atoms with E-state index in [1.807, 2.05) is 30.9 Å². The normalized spacial score (nSPS) is 16.4. The van der Waals surface area contributed by atoms with Crippen LogP contribution in [0, 0.1) is 12.7 Å². The maximum atomic E-state index is 13.7. The van der Waals surface area contributed by atoms with Gasteiger partial charge in [0.15, 0.2) is 0 Å². The maximum absolute atomic E-state index is 13.7. The molecule has 0 saturated heterocycles. The molecule has 1 fully saturated rings. The quantitative estimate of drug-likeness (QED) is 0.159. The average Bonchev–Trinajstić information content (AvgIpc) is 3.74. The van der Waals surface area contributed by atoms with Crippen molar-refractivity contribution in [1.29, 1.82) is 0 Å². The van der Waals surface area contributed by atoms with E-state index in [-0.39, 0.29) is 11.9 Å². The molecule has 4 aromatic rings. The Hall–Kier alpha value is -4.32. The number of aromatic nitrogens is 2. The van der Waals surface area contributed by atoms with Gasteiger partial charge < -0.3 is 19.9 Å². The molecule has 0 bridgehead atoms. The minimum absolute atomic E-state index is 0.0765. The van der Waals surface area contributed by atoms with E-state index in [0.717, 1.165) is 80.6 Å². The van der Waals surface area contributed by atoms with Crippen LogP contribution in [0.5, 0.6) is 5.75 Å². The maximum Gasteiger partial charge on any atom is 0.123 e. The SMILES string of the molecule is Cc1cccc(C2=C(N)C(c3ccc(OCCCCCCn4ccnc4)cc3)N(C(Cc3ccc(F)cc3)=C3CC3)CC2)c1. The largest absolute Gasteiger partial charge is 0.494 e. The highest BCUT2D eigenvalue weighted by molar-refractivity contribution is 5.71. The molecule has 1 aromatic heterocycles. The van der Waals surface area contributed by atoms with Crippen LogP contribution >= 0.6 is 0 Å². The fraction of sp³-hybridized carbons (Fsp3) is 0.342. The molecule has 228 valence electrons. The number of nitrogens with zero attached hydrogens (tertiary/aromatic N) is 3. The Balaban J connectivity index is 1.18. The number of nitrogens with two attached hydrogens (primary N) is 1. The minimum Gasteiger partial charge on any atom is -0.494 e. The van der Waals surface area contributed by atoms with Crippen LogP contribution in [0.4, 0.5) is 4.39 Å². The summed E-state index contributed by atoms with van der Waals surface area (Å²) in [6.45, 7) is 4.75. The smallest absolute Gasteiger partial charge is 0.123 e. The summed E-state index contributed by atoms with van der Waals surface area (Å²) < 4.78 is 21.9. The van der Waals surface area contributed by atoms with Gasteiger partial charge in [0.2, 0.25) is 0 Å². The topological polar surface area (TPSA) is 56.3 Å². The Morgan fingerprint density at radius 2 is 1.75 bits per heavy atom. The second kappa shape index (κ2) is 14.0. The van der Waals surface area contributed by atoms with Gasteiger partial charge in [-0.2, -0.15) is 0 Å².